The molecule has 1 unspecified atom stereocenters. The van der Waals surface area contributed by atoms with E-state index in [-0.39, 0.29) is 5.54 Å². The third-order valence-electron chi connectivity index (χ3n) is 4.17. The Bertz CT molecular complexity index is 581. The molecule has 1 N–H and O–H groups in total. The van der Waals surface area contributed by atoms with E-state index in [2.05, 4.69) is 64.8 Å². The van der Waals surface area contributed by atoms with Crippen molar-refractivity contribution in [3.8, 4) is 0 Å². The quantitative estimate of drug-likeness (QED) is 0.944. The van der Waals surface area contributed by atoms with Crippen molar-refractivity contribution in [1.29, 1.82) is 0 Å². The lowest BCUT2D eigenvalue weighted by atomic mass is 9.91. The molecule has 0 bridgehead atoms. The van der Waals surface area contributed by atoms with Gasteiger partial charge >= 0.3 is 0 Å². The number of nitrogens with zero attached hydrogens (tertiary/aromatic N) is 2. The Kier molecular flexibility index (Phi) is 4.38. The summed E-state index contributed by atoms with van der Waals surface area (Å²) < 4.78 is 0. The number of aromatic nitrogens is 1. The van der Waals surface area contributed by atoms with E-state index in [9.17, 15) is 0 Å². The van der Waals surface area contributed by atoms with Crippen molar-refractivity contribution in [3.05, 3.63) is 52.0 Å². The van der Waals surface area contributed by atoms with Crippen molar-refractivity contribution in [3.63, 3.8) is 0 Å². The summed E-state index contributed by atoms with van der Waals surface area (Å²) in [6, 6.07) is 10.8. The molecule has 0 aliphatic carbocycles. The van der Waals surface area contributed by atoms with Crippen LogP contribution in [0.3, 0.4) is 0 Å². The average Bonchev–Trinajstić information content (AvgIpc) is 2.79. The summed E-state index contributed by atoms with van der Waals surface area (Å²) in [4.78, 5) is 7.14. The highest BCUT2D eigenvalue weighted by Gasteiger charge is 2.30. The third-order valence-corrected chi connectivity index (χ3v) is 4.99. The van der Waals surface area contributed by atoms with Crippen LogP contribution in [-0.4, -0.2) is 29.5 Å². The van der Waals surface area contributed by atoms with Crippen LogP contribution in [0.15, 0.2) is 35.7 Å². The van der Waals surface area contributed by atoms with Crippen molar-refractivity contribution < 1.29 is 0 Å². The van der Waals surface area contributed by atoms with E-state index >= 15 is 0 Å². The average molecular weight is 301 g/mol. The van der Waals surface area contributed by atoms with Gasteiger partial charge in [0.05, 0.1) is 16.2 Å². The highest BCUT2D eigenvalue weighted by atomic mass is 32.1. The van der Waals surface area contributed by atoms with Gasteiger partial charge in [-0.3, -0.25) is 4.90 Å². The molecule has 0 saturated carbocycles. The first-order valence-electron chi connectivity index (χ1n) is 7.60. The maximum absolute atomic E-state index is 4.61. The van der Waals surface area contributed by atoms with Gasteiger partial charge in [-0.1, -0.05) is 30.3 Å². The van der Waals surface area contributed by atoms with Crippen LogP contribution in [0.2, 0.25) is 0 Å². The summed E-state index contributed by atoms with van der Waals surface area (Å²) in [6.07, 6.45) is 1.19. The van der Waals surface area contributed by atoms with E-state index in [0.717, 1.165) is 31.2 Å². The summed E-state index contributed by atoms with van der Waals surface area (Å²) in [5.74, 6) is 0. The molecule has 4 heteroatoms. The molecule has 1 aliphatic rings. The zero-order chi connectivity index (χ0) is 14.7. The highest BCUT2D eigenvalue weighted by molar-refractivity contribution is 7.09. The number of rotatable bonds is 3. The van der Waals surface area contributed by atoms with E-state index in [1.165, 1.54) is 17.7 Å². The molecule has 1 aliphatic heterocycles. The molecule has 2 heterocycles. The predicted molar refractivity (Wildman–Crippen MR) is 88.5 cm³/mol. The van der Waals surface area contributed by atoms with Crippen molar-refractivity contribution in [2.45, 2.75) is 32.4 Å². The zero-order valence-electron chi connectivity index (χ0n) is 12.8. The Balaban J connectivity index is 1.77. The normalized spacial score (nSPS) is 23.9. The fourth-order valence-corrected chi connectivity index (χ4v) is 3.70. The number of nitrogens with one attached hydrogen (secondary N) is 1. The summed E-state index contributed by atoms with van der Waals surface area (Å²) in [6.45, 7) is 8.56. The van der Waals surface area contributed by atoms with E-state index in [1.54, 1.807) is 11.3 Å². The van der Waals surface area contributed by atoms with Crippen molar-refractivity contribution >= 4 is 11.3 Å². The second kappa shape index (κ2) is 6.26. The first-order chi connectivity index (χ1) is 10.2. The first kappa shape index (κ1) is 14.7. The standard InChI is InChI=1S/C17H23N3S/c1-14-19-16(12-21-14)11-20-10-6-9-18-17(2,13-20)15-7-4-3-5-8-15/h3-5,7-8,12,18H,6,9-11,13H2,1-2H3. The van der Waals surface area contributed by atoms with Crippen LogP contribution in [0, 0.1) is 6.92 Å². The Morgan fingerprint density at radius 2 is 2.14 bits per heavy atom. The summed E-state index contributed by atoms with van der Waals surface area (Å²) in [7, 11) is 0. The number of hydrogen-bond acceptors (Lipinski definition) is 4. The van der Waals surface area contributed by atoms with Crippen LogP contribution in [-0.2, 0) is 12.1 Å². The molecule has 1 saturated heterocycles. The first-order valence-corrected chi connectivity index (χ1v) is 8.48. The smallest absolute Gasteiger partial charge is 0.0897 e. The van der Waals surface area contributed by atoms with Gasteiger partial charge in [-0.15, -0.1) is 11.3 Å². The van der Waals surface area contributed by atoms with Crippen molar-refractivity contribution in [2.75, 3.05) is 19.6 Å². The molecule has 3 nitrogen and oxygen atoms in total. The highest BCUT2D eigenvalue weighted by Crippen LogP contribution is 2.25. The maximum Gasteiger partial charge on any atom is 0.0897 e. The van der Waals surface area contributed by atoms with E-state index in [4.69, 9.17) is 0 Å². The SMILES string of the molecule is Cc1nc(CN2CCCNC(C)(c3ccccc3)C2)cs1. The minimum Gasteiger partial charge on any atom is -0.307 e. The molecule has 0 radical (unpaired) electrons. The third kappa shape index (κ3) is 3.51. The number of thiazole rings is 1. The predicted octanol–water partition coefficient (Wildman–Crippen LogP) is 3.16. The monoisotopic (exact) mass is 301 g/mol. The second-order valence-electron chi connectivity index (χ2n) is 6.05. The number of hydrogen-bond donors (Lipinski definition) is 1. The zero-order valence-corrected chi connectivity index (χ0v) is 13.6. The molecule has 1 aromatic heterocycles. The summed E-state index contributed by atoms with van der Waals surface area (Å²) in [5, 5.41) is 7.08. The Morgan fingerprint density at radius 3 is 2.86 bits per heavy atom. The summed E-state index contributed by atoms with van der Waals surface area (Å²) in [5.41, 5.74) is 2.59. The topological polar surface area (TPSA) is 28.2 Å². The fourth-order valence-electron chi connectivity index (χ4n) is 3.09. The lowest BCUT2D eigenvalue weighted by Gasteiger charge is -2.34. The molecular formula is C17H23N3S. The van der Waals surface area contributed by atoms with Crippen molar-refractivity contribution in [2.24, 2.45) is 0 Å². The van der Waals surface area contributed by atoms with Gasteiger partial charge in [0.25, 0.3) is 0 Å². The molecule has 1 atom stereocenters. The molecular weight excluding hydrogens is 278 g/mol. The van der Waals surface area contributed by atoms with E-state index < -0.39 is 0 Å². The molecule has 0 spiro atoms. The molecule has 0 amide bonds. The Hall–Kier alpha value is -1.23. The molecule has 1 aromatic carbocycles. The Morgan fingerprint density at radius 1 is 1.33 bits per heavy atom. The lowest BCUT2D eigenvalue weighted by Crippen LogP contribution is -2.46. The van der Waals surface area contributed by atoms with Gasteiger partial charge in [-0.05, 0) is 38.9 Å². The molecule has 21 heavy (non-hydrogen) atoms. The Labute approximate surface area is 131 Å². The van der Waals surface area contributed by atoms with Crippen LogP contribution < -0.4 is 5.32 Å². The van der Waals surface area contributed by atoms with Gasteiger partial charge < -0.3 is 5.32 Å². The lowest BCUT2D eigenvalue weighted by molar-refractivity contribution is 0.212. The van der Waals surface area contributed by atoms with E-state index in [0.29, 0.717) is 0 Å². The van der Waals surface area contributed by atoms with E-state index in [1.807, 2.05) is 0 Å². The summed E-state index contributed by atoms with van der Waals surface area (Å²) >= 11 is 1.74. The van der Waals surface area contributed by atoms with Gasteiger partial charge in [0.2, 0.25) is 0 Å². The van der Waals surface area contributed by atoms with Crippen LogP contribution in [0.4, 0.5) is 0 Å². The van der Waals surface area contributed by atoms with Crippen LogP contribution in [0.5, 0.6) is 0 Å². The van der Waals surface area contributed by atoms with Gasteiger partial charge in [0, 0.05) is 18.5 Å². The van der Waals surface area contributed by atoms with Gasteiger partial charge in [0.1, 0.15) is 0 Å². The largest absolute Gasteiger partial charge is 0.307 e. The molecule has 1 fully saturated rings. The van der Waals surface area contributed by atoms with Crippen LogP contribution in [0.25, 0.3) is 0 Å². The minimum atomic E-state index is 0.0167. The minimum absolute atomic E-state index is 0.0167. The van der Waals surface area contributed by atoms with Gasteiger partial charge in [-0.2, -0.15) is 0 Å². The van der Waals surface area contributed by atoms with Gasteiger partial charge in [0.15, 0.2) is 0 Å². The van der Waals surface area contributed by atoms with Crippen LogP contribution in [0.1, 0.15) is 29.6 Å². The molecule has 2 aromatic rings. The second-order valence-corrected chi connectivity index (χ2v) is 7.11. The molecule has 3 rings (SSSR count). The maximum atomic E-state index is 4.61. The fraction of sp³-hybridized carbons (Fsp3) is 0.471. The van der Waals surface area contributed by atoms with Gasteiger partial charge in [-0.25, -0.2) is 4.98 Å². The van der Waals surface area contributed by atoms with Crippen molar-refractivity contribution in [1.82, 2.24) is 15.2 Å². The molecule has 112 valence electrons. The van der Waals surface area contributed by atoms with Crippen LogP contribution >= 0.6 is 11.3 Å². The number of aryl methyl sites for hydroxylation is 1. The number of benzene rings is 1.